The van der Waals surface area contributed by atoms with Crippen LogP contribution in [0.1, 0.15) is 27.0 Å². The monoisotopic (exact) mass is 415 g/mol. The highest BCUT2D eigenvalue weighted by atomic mass is 16.5. The predicted octanol–water partition coefficient (Wildman–Crippen LogP) is 2.98. The highest BCUT2D eigenvalue weighted by molar-refractivity contribution is 6.35. The smallest absolute Gasteiger partial charge is 0.343 e. The summed E-state index contributed by atoms with van der Waals surface area (Å²) in [7, 11) is 0. The van der Waals surface area contributed by atoms with Crippen LogP contribution in [0.15, 0.2) is 84.0 Å². The van der Waals surface area contributed by atoms with Crippen LogP contribution in [-0.4, -0.2) is 24.0 Å². The van der Waals surface area contributed by atoms with Crippen LogP contribution < -0.4 is 15.5 Å². The van der Waals surface area contributed by atoms with Crippen LogP contribution in [0.25, 0.3) is 0 Å². The van der Waals surface area contributed by atoms with Gasteiger partial charge in [-0.1, -0.05) is 48.5 Å². The molecule has 3 aromatic rings. The van der Waals surface area contributed by atoms with Gasteiger partial charge >= 0.3 is 17.8 Å². The SMILES string of the molecule is Cc1ccccc1C(=O)Oc1ccc(/C=N/NC(=O)C(=O)NCc2ccccc2)cc1. The summed E-state index contributed by atoms with van der Waals surface area (Å²) in [6.45, 7) is 2.09. The number of amides is 2. The summed E-state index contributed by atoms with van der Waals surface area (Å²) in [5, 5.41) is 6.29. The molecule has 31 heavy (non-hydrogen) atoms. The number of nitrogens with zero attached hydrogens (tertiary/aromatic N) is 1. The zero-order valence-electron chi connectivity index (χ0n) is 16.9. The normalized spacial score (nSPS) is 10.5. The lowest BCUT2D eigenvalue weighted by Gasteiger charge is -2.06. The fraction of sp³-hybridized carbons (Fsp3) is 0.0833. The summed E-state index contributed by atoms with van der Waals surface area (Å²) in [6.07, 6.45) is 1.38. The second-order valence-electron chi connectivity index (χ2n) is 6.64. The van der Waals surface area contributed by atoms with Crippen molar-refractivity contribution in [1.82, 2.24) is 10.7 Å². The summed E-state index contributed by atoms with van der Waals surface area (Å²) in [5.74, 6) is -1.70. The molecule has 0 unspecified atom stereocenters. The average molecular weight is 415 g/mol. The standard InChI is InChI=1S/C24H21N3O4/c1-17-7-5-6-10-21(17)24(30)31-20-13-11-19(12-14-20)16-26-27-23(29)22(28)25-15-18-8-3-2-4-9-18/h2-14,16H,15H2,1H3,(H,25,28)(H,27,29)/b26-16+. The van der Waals surface area contributed by atoms with E-state index in [4.69, 9.17) is 4.74 Å². The Morgan fingerprint density at radius 3 is 2.26 bits per heavy atom. The van der Waals surface area contributed by atoms with Crippen molar-refractivity contribution in [2.45, 2.75) is 13.5 Å². The van der Waals surface area contributed by atoms with Crippen LogP contribution in [0.4, 0.5) is 0 Å². The maximum atomic E-state index is 12.2. The number of hydrogen-bond donors (Lipinski definition) is 2. The predicted molar refractivity (Wildman–Crippen MR) is 117 cm³/mol. The Morgan fingerprint density at radius 1 is 0.871 bits per heavy atom. The molecule has 0 aliphatic rings. The molecular weight excluding hydrogens is 394 g/mol. The van der Waals surface area contributed by atoms with Crippen molar-refractivity contribution in [3.05, 3.63) is 101 Å². The number of carbonyl (C=O) groups excluding carboxylic acids is 3. The molecule has 2 N–H and O–H groups in total. The Balaban J connectivity index is 1.47. The molecule has 156 valence electrons. The molecule has 7 nitrogen and oxygen atoms in total. The third kappa shape index (κ3) is 6.37. The maximum absolute atomic E-state index is 12.2. The van der Waals surface area contributed by atoms with Crippen LogP contribution in [0.5, 0.6) is 5.75 Å². The number of benzene rings is 3. The third-order valence-corrected chi connectivity index (χ3v) is 4.34. The van der Waals surface area contributed by atoms with Gasteiger partial charge < -0.3 is 10.1 Å². The Bertz CT molecular complexity index is 1090. The molecule has 7 heteroatoms. The summed E-state index contributed by atoms with van der Waals surface area (Å²) in [5.41, 5.74) is 5.05. The van der Waals surface area contributed by atoms with Gasteiger partial charge in [-0.2, -0.15) is 5.10 Å². The van der Waals surface area contributed by atoms with Crippen LogP contribution in [0.2, 0.25) is 0 Å². The van der Waals surface area contributed by atoms with Gasteiger partial charge in [0.15, 0.2) is 0 Å². The number of aryl methyl sites for hydroxylation is 1. The fourth-order valence-electron chi connectivity index (χ4n) is 2.66. The van der Waals surface area contributed by atoms with Crippen molar-refractivity contribution in [3.8, 4) is 5.75 Å². The van der Waals surface area contributed by atoms with Gasteiger partial charge in [-0.25, -0.2) is 10.2 Å². The van der Waals surface area contributed by atoms with Crippen molar-refractivity contribution in [1.29, 1.82) is 0 Å². The van der Waals surface area contributed by atoms with Gasteiger partial charge in [0.1, 0.15) is 5.75 Å². The summed E-state index contributed by atoms with van der Waals surface area (Å²) in [4.78, 5) is 35.8. The first-order chi connectivity index (χ1) is 15.0. The molecule has 0 atom stereocenters. The molecule has 0 aromatic heterocycles. The van der Waals surface area contributed by atoms with Gasteiger partial charge in [0, 0.05) is 6.54 Å². The molecule has 0 saturated carbocycles. The van der Waals surface area contributed by atoms with Crippen molar-refractivity contribution in [3.63, 3.8) is 0 Å². The lowest BCUT2D eigenvalue weighted by molar-refractivity contribution is -0.139. The lowest BCUT2D eigenvalue weighted by atomic mass is 10.1. The lowest BCUT2D eigenvalue weighted by Crippen LogP contribution is -2.37. The Hall–Kier alpha value is -4.26. The Morgan fingerprint density at radius 2 is 1.55 bits per heavy atom. The van der Waals surface area contributed by atoms with Gasteiger partial charge in [0.2, 0.25) is 0 Å². The number of hydrazone groups is 1. The zero-order valence-corrected chi connectivity index (χ0v) is 16.9. The average Bonchev–Trinajstić information content (AvgIpc) is 2.79. The highest BCUT2D eigenvalue weighted by Gasteiger charge is 2.12. The quantitative estimate of drug-likeness (QED) is 0.213. The summed E-state index contributed by atoms with van der Waals surface area (Å²) >= 11 is 0. The molecule has 0 bridgehead atoms. The third-order valence-electron chi connectivity index (χ3n) is 4.34. The van der Waals surface area contributed by atoms with Gasteiger partial charge in [-0.15, -0.1) is 0 Å². The molecule has 0 spiro atoms. The van der Waals surface area contributed by atoms with Crippen LogP contribution in [0, 0.1) is 6.92 Å². The number of nitrogens with one attached hydrogen (secondary N) is 2. The van der Waals surface area contributed by atoms with E-state index in [2.05, 4.69) is 15.8 Å². The molecule has 0 aliphatic heterocycles. The van der Waals surface area contributed by atoms with E-state index in [-0.39, 0.29) is 6.54 Å². The molecule has 0 saturated heterocycles. The van der Waals surface area contributed by atoms with E-state index >= 15 is 0 Å². The molecule has 2 amide bonds. The molecule has 0 aliphatic carbocycles. The van der Waals surface area contributed by atoms with E-state index in [1.54, 1.807) is 36.4 Å². The van der Waals surface area contributed by atoms with Gasteiger partial charge in [-0.05, 0) is 53.9 Å². The first-order valence-corrected chi connectivity index (χ1v) is 9.56. The summed E-state index contributed by atoms with van der Waals surface area (Å²) in [6, 6.07) is 23.0. The van der Waals surface area contributed by atoms with Crippen molar-refractivity contribution < 1.29 is 19.1 Å². The molecule has 3 rings (SSSR count). The first-order valence-electron chi connectivity index (χ1n) is 9.56. The van der Waals surface area contributed by atoms with E-state index in [0.717, 1.165) is 11.1 Å². The minimum Gasteiger partial charge on any atom is -0.423 e. The van der Waals surface area contributed by atoms with Crippen LogP contribution >= 0.6 is 0 Å². The van der Waals surface area contributed by atoms with Crippen LogP contribution in [0.3, 0.4) is 0 Å². The van der Waals surface area contributed by atoms with E-state index in [1.165, 1.54) is 6.21 Å². The first kappa shape index (κ1) is 21.4. The van der Waals surface area contributed by atoms with Gasteiger partial charge in [0.25, 0.3) is 0 Å². The minimum atomic E-state index is -0.865. The number of carbonyl (C=O) groups is 3. The van der Waals surface area contributed by atoms with E-state index in [9.17, 15) is 14.4 Å². The maximum Gasteiger partial charge on any atom is 0.343 e. The largest absolute Gasteiger partial charge is 0.423 e. The summed E-state index contributed by atoms with van der Waals surface area (Å²) < 4.78 is 5.37. The second kappa shape index (κ2) is 10.5. The molecule has 3 aromatic carbocycles. The van der Waals surface area contributed by atoms with Gasteiger partial charge in [0.05, 0.1) is 11.8 Å². The van der Waals surface area contributed by atoms with Crippen molar-refractivity contribution in [2.24, 2.45) is 5.10 Å². The number of rotatable bonds is 6. The van der Waals surface area contributed by atoms with Gasteiger partial charge in [-0.3, -0.25) is 9.59 Å². The Labute approximate surface area is 179 Å². The number of esters is 1. The Kier molecular flexibility index (Phi) is 7.26. The topological polar surface area (TPSA) is 96.9 Å². The van der Waals surface area contributed by atoms with Crippen molar-refractivity contribution >= 4 is 24.0 Å². The van der Waals surface area contributed by atoms with Crippen molar-refractivity contribution in [2.75, 3.05) is 0 Å². The number of ether oxygens (including phenoxy) is 1. The van der Waals surface area contributed by atoms with E-state index in [1.807, 2.05) is 49.4 Å². The van der Waals surface area contributed by atoms with Crippen LogP contribution in [-0.2, 0) is 16.1 Å². The molecule has 0 radical (unpaired) electrons. The molecule has 0 fully saturated rings. The second-order valence-corrected chi connectivity index (χ2v) is 6.64. The minimum absolute atomic E-state index is 0.249. The number of hydrogen-bond acceptors (Lipinski definition) is 5. The molecule has 0 heterocycles. The molecular formula is C24H21N3O4. The van der Waals surface area contributed by atoms with E-state index in [0.29, 0.717) is 16.9 Å². The highest BCUT2D eigenvalue weighted by Crippen LogP contribution is 2.15. The zero-order chi connectivity index (χ0) is 22.1. The fourth-order valence-corrected chi connectivity index (χ4v) is 2.66. The van der Waals surface area contributed by atoms with E-state index < -0.39 is 17.8 Å².